The number of hydrogen-bond donors (Lipinski definition) is 2. The van der Waals surface area contributed by atoms with Gasteiger partial charge in [-0.05, 0) is 12.1 Å². The Labute approximate surface area is 127 Å². The van der Waals surface area contributed by atoms with Gasteiger partial charge < -0.3 is 5.11 Å². The van der Waals surface area contributed by atoms with Crippen LogP contribution in [0.5, 0.6) is 5.75 Å². The summed E-state index contributed by atoms with van der Waals surface area (Å²) < 4.78 is 26.3. The van der Waals surface area contributed by atoms with Crippen LogP contribution in [0.15, 0.2) is 22.5 Å². The summed E-state index contributed by atoms with van der Waals surface area (Å²) in [5.41, 5.74) is 0.123. The number of halogens is 3. The van der Waals surface area contributed by atoms with Crippen LogP contribution in [0.2, 0.25) is 14.5 Å². The third kappa shape index (κ3) is 3.24. The molecule has 19 heavy (non-hydrogen) atoms. The molecule has 5 nitrogen and oxygen atoms in total. The Hall–Kier alpha value is -0.730. The van der Waals surface area contributed by atoms with E-state index in [9.17, 15) is 13.5 Å². The highest BCUT2D eigenvalue weighted by Gasteiger charge is 2.19. The topological polar surface area (TPSA) is 79.3 Å². The normalized spacial score (nSPS) is 11.5. The van der Waals surface area contributed by atoms with Crippen molar-refractivity contribution in [2.24, 2.45) is 0 Å². The van der Waals surface area contributed by atoms with E-state index in [-0.39, 0.29) is 30.2 Å². The van der Waals surface area contributed by atoms with Gasteiger partial charge in [0.15, 0.2) is 14.4 Å². The lowest BCUT2D eigenvalue weighted by atomic mass is 10.3. The number of nitrogens with one attached hydrogen (secondary N) is 1. The number of nitrogens with zero attached hydrogens (tertiary/aromatic N) is 1. The minimum Gasteiger partial charge on any atom is -0.505 e. The molecule has 1 heterocycles. The fraction of sp³-hybridized carbons (Fsp3) is 0. The van der Waals surface area contributed by atoms with Crippen molar-refractivity contribution < 1.29 is 13.5 Å². The van der Waals surface area contributed by atoms with Crippen LogP contribution in [0, 0.1) is 0 Å². The molecule has 0 fully saturated rings. The van der Waals surface area contributed by atoms with Crippen LogP contribution in [0.25, 0.3) is 0 Å². The van der Waals surface area contributed by atoms with Gasteiger partial charge in [0.1, 0.15) is 0 Å². The predicted octanol–water partition coefficient (Wildman–Crippen LogP) is 3.61. The van der Waals surface area contributed by atoms with Gasteiger partial charge in [-0.15, -0.1) is 0 Å². The molecule has 2 N–H and O–H groups in total. The molecule has 0 aliphatic carbocycles. The van der Waals surface area contributed by atoms with Gasteiger partial charge >= 0.3 is 0 Å². The lowest BCUT2D eigenvalue weighted by Crippen LogP contribution is -2.11. The van der Waals surface area contributed by atoms with Gasteiger partial charge in [0.25, 0.3) is 10.0 Å². The molecule has 0 radical (unpaired) electrons. The first kappa shape index (κ1) is 14.7. The Morgan fingerprint density at radius 3 is 2.26 bits per heavy atom. The van der Waals surface area contributed by atoms with Crippen LogP contribution in [0.4, 0.5) is 5.69 Å². The minimum atomic E-state index is -3.82. The summed E-state index contributed by atoms with van der Waals surface area (Å²) in [5, 5.41) is 9.26. The Morgan fingerprint density at radius 1 is 1.21 bits per heavy atom. The van der Waals surface area contributed by atoms with E-state index in [1.165, 1.54) is 12.1 Å². The monoisotopic (exact) mass is 358 g/mol. The van der Waals surface area contributed by atoms with E-state index in [4.69, 9.17) is 34.8 Å². The summed E-state index contributed by atoms with van der Waals surface area (Å²) in [6.45, 7) is 0. The molecular weight excluding hydrogens is 355 g/mol. The molecule has 0 saturated carbocycles. The van der Waals surface area contributed by atoms with E-state index in [0.717, 1.165) is 17.5 Å². The maximum absolute atomic E-state index is 12.0. The number of benzene rings is 1. The second-order valence-corrected chi connectivity index (χ2v) is 7.66. The zero-order valence-electron chi connectivity index (χ0n) is 8.89. The molecule has 0 spiro atoms. The van der Waals surface area contributed by atoms with Crippen molar-refractivity contribution in [2.75, 3.05) is 4.72 Å². The number of aromatic nitrogens is 1. The van der Waals surface area contributed by atoms with Crippen molar-refractivity contribution in [3.05, 3.63) is 32.8 Å². The van der Waals surface area contributed by atoms with Crippen molar-refractivity contribution >= 4 is 61.9 Å². The second-order valence-electron chi connectivity index (χ2n) is 3.33. The Kier molecular flexibility index (Phi) is 4.12. The molecule has 0 unspecified atom stereocenters. The molecule has 0 saturated heterocycles. The van der Waals surface area contributed by atoms with Crippen LogP contribution in [-0.4, -0.2) is 18.5 Å². The fourth-order valence-electron chi connectivity index (χ4n) is 1.19. The Morgan fingerprint density at radius 2 is 1.79 bits per heavy atom. The van der Waals surface area contributed by atoms with E-state index in [2.05, 4.69) is 9.71 Å². The smallest absolute Gasteiger partial charge is 0.273 e. The fourth-order valence-corrected chi connectivity index (χ4v) is 4.01. The first-order chi connectivity index (χ1) is 8.79. The number of hydrogen-bond acceptors (Lipinski definition) is 5. The van der Waals surface area contributed by atoms with Gasteiger partial charge in [-0.2, -0.15) is 0 Å². The summed E-state index contributed by atoms with van der Waals surface area (Å²) in [7, 11) is -3.82. The number of sulfonamides is 1. The molecule has 0 bridgehead atoms. The summed E-state index contributed by atoms with van der Waals surface area (Å²) in [5.74, 6) is -0.313. The standard InChI is InChI=1S/C9H5Cl3N2O3S2/c10-5-1-4(2-6(11)8(5)15)14-19(16,17)7-3-13-9(12)18-7/h1-3,14-15H. The van der Waals surface area contributed by atoms with Crippen LogP contribution < -0.4 is 4.72 Å². The first-order valence-electron chi connectivity index (χ1n) is 4.62. The average Bonchev–Trinajstić information content (AvgIpc) is 2.73. The number of thiazole rings is 1. The third-order valence-electron chi connectivity index (χ3n) is 1.99. The predicted molar refractivity (Wildman–Crippen MR) is 76.1 cm³/mol. The largest absolute Gasteiger partial charge is 0.505 e. The van der Waals surface area contributed by atoms with Crippen molar-refractivity contribution in [1.29, 1.82) is 0 Å². The third-order valence-corrected chi connectivity index (χ3v) is 5.52. The van der Waals surface area contributed by atoms with E-state index in [0.29, 0.717) is 0 Å². The number of rotatable bonds is 3. The molecule has 2 aromatic rings. The molecule has 1 aromatic carbocycles. The number of phenols is 1. The molecule has 10 heteroatoms. The van der Waals surface area contributed by atoms with Crippen molar-refractivity contribution in [3.63, 3.8) is 0 Å². The zero-order valence-corrected chi connectivity index (χ0v) is 12.8. The first-order valence-corrected chi connectivity index (χ1v) is 8.05. The van der Waals surface area contributed by atoms with Gasteiger partial charge in [-0.1, -0.05) is 46.1 Å². The highest BCUT2D eigenvalue weighted by Crippen LogP contribution is 2.35. The Bertz CT molecular complexity index is 707. The molecule has 1 aromatic heterocycles. The maximum atomic E-state index is 12.0. The van der Waals surface area contributed by atoms with Crippen molar-refractivity contribution in [1.82, 2.24) is 4.98 Å². The number of anilines is 1. The summed E-state index contributed by atoms with van der Waals surface area (Å²) in [6, 6.07) is 2.48. The van der Waals surface area contributed by atoms with Crippen molar-refractivity contribution in [2.45, 2.75) is 4.21 Å². The van der Waals surface area contributed by atoms with Gasteiger partial charge in [0, 0.05) is 0 Å². The maximum Gasteiger partial charge on any atom is 0.273 e. The summed E-state index contributed by atoms with van der Waals surface area (Å²) in [6.07, 6.45) is 1.14. The quantitative estimate of drug-likeness (QED) is 0.821. The zero-order chi connectivity index (χ0) is 14.2. The number of phenolic OH excluding ortho intramolecular Hbond substituents is 1. The van der Waals surface area contributed by atoms with Crippen molar-refractivity contribution in [3.8, 4) is 5.75 Å². The molecule has 0 amide bonds. The van der Waals surface area contributed by atoms with E-state index in [1.54, 1.807) is 0 Å². The van der Waals surface area contributed by atoms with E-state index in [1.807, 2.05) is 0 Å². The molecule has 0 atom stereocenters. The van der Waals surface area contributed by atoms with Crippen LogP contribution in [0.3, 0.4) is 0 Å². The number of aromatic hydroxyl groups is 1. The molecule has 0 aliphatic heterocycles. The van der Waals surface area contributed by atoms with Crippen LogP contribution >= 0.6 is 46.1 Å². The van der Waals surface area contributed by atoms with Gasteiger partial charge in [0.2, 0.25) is 0 Å². The highest BCUT2D eigenvalue weighted by atomic mass is 35.5. The van der Waals surface area contributed by atoms with E-state index < -0.39 is 10.0 Å². The SMILES string of the molecule is O=S(=O)(Nc1cc(Cl)c(O)c(Cl)c1)c1cnc(Cl)s1. The molecule has 0 aliphatic rings. The van der Waals surface area contributed by atoms with E-state index >= 15 is 0 Å². The molecular formula is C9H5Cl3N2O3S2. The van der Waals surface area contributed by atoms with Gasteiger partial charge in [0.05, 0.1) is 21.9 Å². The van der Waals surface area contributed by atoms with Crippen LogP contribution in [-0.2, 0) is 10.0 Å². The lowest BCUT2D eigenvalue weighted by molar-refractivity contribution is 0.476. The van der Waals surface area contributed by atoms with Crippen LogP contribution in [0.1, 0.15) is 0 Å². The summed E-state index contributed by atoms with van der Waals surface area (Å²) in [4.78, 5) is 3.65. The highest BCUT2D eigenvalue weighted by molar-refractivity contribution is 7.94. The summed E-state index contributed by atoms with van der Waals surface area (Å²) >= 11 is 17.8. The van der Waals surface area contributed by atoms with Gasteiger partial charge in [-0.3, -0.25) is 4.72 Å². The molecule has 102 valence electrons. The Balaban J connectivity index is 2.36. The average molecular weight is 360 g/mol. The second kappa shape index (κ2) is 5.34. The van der Waals surface area contributed by atoms with Gasteiger partial charge in [-0.25, -0.2) is 13.4 Å². The minimum absolute atomic E-state index is 0.0437. The lowest BCUT2D eigenvalue weighted by Gasteiger charge is -2.08. The molecule has 2 rings (SSSR count).